The molecule has 122 valence electrons. The Morgan fingerprint density at radius 3 is 2.35 bits per heavy atom. The van der Waals surface area contributed by atoms with Gasteiger partial charge in [0.05, 0.1) is 18.5 Å². The first-order valence-electron chi connectivity index (χ1n) is 6.87. The van der Waals surface area contributed by atoms with Crippen LogP contribution in [0.2, 0.25) is 0 Å². The van der Waals surface area contributed by atoms with Gasteiger partial charge < -0.3 is 10.1 Å². The monoisotopic (exact) mass is 334 g/mol. The average Bonchev–Trinajstić information content (AvgIpc) is 2.48. The van der Waals surface area contributed by atoms with E-state index in [1.54, 1.807) is 43.3 Å². The van der Waals surface area contributed by atoms with Crippen molar-refractivity contribution in [1.29, 1.82) is 0 Å². The number of carbonyl (C=O) groups is 1. The lowest BCUT2D eigenvalue weighted by atomic mass is 10.2. The molecule has 2 N–H and O–H groups in total. The molecule has 1 amide bonds. The second-order valence-corrected chi connectivity index (χ2v) is 6.64. The Balaban J connectivity index is 2.44. The predicted molar refractivity (Wildman–Crippen MR) is 89.3 cm³/mol. The molecule has 0 spiro atoms. The number of ether oxygens (including phenoxy) is 1. The molecule has 0 heterocycles. The Bertz CT molecular complexity index is 832. The number of para-hydroxylation sites is 2. The molecule has 0 saturated carbocycles. The molecule has 0 fully saturated rings. The smallest absolute Gasteiger partial charge is 0.265 e. The molecule has 0 unspecified atom stereocenters. The average molecular weight is 334 g/mol. The summed E-state index contributed by atoms with van der Waals surface area (Å²) in [7, 11) is -2.45. The molecular formula is C16H18N2O4S. The van der Waals surface area contributed by atoms with Crippen molar-refractivity contribution in [3.8, 4) is 5.75 Å². The number of nitrogens with one attached hydrogen (secondary N) is 2. The standard InChI is InChI=1S/C16H18N2O4S/c1-11-8-9-15(22-3)16(10-11)23(20,21)18-14-7-5-4-6-13(14)17-12(2)19/h4-10,18H,1-3H3,(H,17,19). The van der Waals surface area contributed by atoms with Crippen molar-refractivity contribution in [2.45, 2.75) is 18.7 Å². The summed E-state index contributed by atoms with van der Waals surface area (Å²) in [5, 5.41) is 2.59. The molecule has 7 heteroatoms. The third-order valence-corrected chi connectivity index (χ3v) is 4.48. The lowest BCUT2D eigenvalue weighted by molar-refractivity contribution is -0.114. The van der Waals surface area contributed by atoms with E-state index in [2.05, 4.69) is 10.0 Å². The van der Waals surface area contributed by atoms with Crippen LogP contribution in [0.25, 0.3) is 0 Å². The van der Waals surface area contributed by atoms with E-state index in [0.29, 0.717) is 5.69 Å². The highest BCUT2D eigenvalue weighted by Gasteiger charge is 2.21. The summed E-state index contributed by atoms with van der Waals surface area (Å²) < 4.78 is 33.0. The Morgan fingerprint density at radius 2 is 1.74 bits per heavy atom. The molecule has 0 aliphatic heterocycles. The summed E-state index contributed by atoms with van der Waals surface area (Å²) in [5.74, 6) is -0.0371. The maximum absolute atomic E-state index is 12.7. The minimum atomic E-state index is -3.86. The van der Waals surface area contributed by atoms with Gasteiger partial charge in [0.15, 0.2) is 0 Å². The lowest BCUT2D eigenvalue weighted by Crippen LogP contribution is -2.16. The second-order valence-electron chi connectivity index (χ2n) is 4.99. The van der Waals surface area contributed by atoms with Crippen LogP contribution in [0.5, 0.6) is 5.75 Å². The van der Waals surface area contributed by atoms with Gasteiger partial charge in [-0.25, -0.2) is 8.42 Å². The minimum absolute atomic E-state index is 0.0395. The molecule has 0 aliphatic carbocycles. The van der Waals surface area contributed by atoms with E-state index >= 15 is 0 Å². The SMILES string of the molecule is COc1ccc(C)cc1S(=O)(=O)Nc1ccccc1NC(C)=O. The molecule has 6 nitrogen and oxygen atoms in total. The van der Waals surface area contributed by atoms with E-state index in [0.717, 1.165) is 5.56 Å². The van der Waals surface area contributed by atoms with Crippen LogP contribution in [-0.2, 0) is 14.8 Å². The molecule has 2 aromatic carbocycles. The quantitative estimate of drug-likeness (QED) is 0.880. The number of rotatable bonds is 5. The number of aryl methyl sites for hydroxylation is 1. The maximum Gasteiger partial charge on any atom is 0.265 e. The molecule has 0 aliphatic rings. The summed E-state index contributed by atoms with van der Waals surface area (Å²) in [6.45, 7) is 3.15. The van der Waals surface area contributed by atoms with E-state index < -0.39 is 10.0 Å². The summed E-state index contributed by atoms with van der Waals surface area (Å²) in [6.07, 6.45) is 0. The van der Waals surface area contributed by atoms with Gasteiger partial charge in [0.25, 0.3) is 10.0 Å². The normalized spacial score (nSPS) is 10.9. The fourth-order valence-electron chi connectivity index (χ4n) is 2.06. The van der Waals surface area contributed by atoms with E-state index in [-0.39, 0.29) is 22.2 Å². The van der Waals surface area contributed by atoms with Crippen LogP contribution in [0.15, 0.2) is 47.4 Å². The first-order chi connectivity index (χ1) is 10.8. The van der Waals surface area contributed by atoms with Crippen molar-refractivity contribution in [2.75, 3.05) is 17.1 Å². The molecule has 2 rings (SSSR count). The summed E-state index contributed by atoms with van der Waals surface area (Å²) in [5.41, 5.74) is 1.46. The number of methoxy groups -OCH3 is 1. The van der Waals surface area contributed by atoms with Gasteiger partial charge in [-0.1, -0.05) is 18.2 Å². The number of carbonyl (C=O) groups excluding carboxylic acids is 1. The lowest BCUT2D eigenvalue weighted by Gasteiger charge is -2.15. The summed E-state index contributed by atoms with van der Waals surface area (Å²) in [6, 6.07) is 11.5. The van der Waals surface area contributed by atoms with Gasteiger partial charge in [-0.3, -0.25) is 9.52 Å². The second kappa shape index (κ2) is 6.70. The molecule has 0 bridgehead atoms. The van der Waals surface area contributed by atoms with E-state index in [4.69, 9.17) is 4.74 Å². The van der Waals surface area contributed by atoms with Crippen molar-refractivity contribution in [3.05, 3.63) is 48.0 Å². The zero-order valence-corrected chi connectivity index (χ0v) is 13.9. The number of sulfonamides is 1. The van der Waals surface area contributed by atoms with Gasteiger partial charge in [0, 0.05) is 6.92 Å². The fourth-order valence-corrected chi connectivity index (χ4v) is 3.40. The summed E-state index contributed by atoms with van der Waals surface area (Å²) >= 11 is 0. The van der Waals surface area contributed by atoms with E-state index in [1.807, 2.05) is 0 Å². The van der Waals surface area contributed by atoms with Crippen LogP contribution in [0.1, 0.15) is 12.5 Å². The number of hydrogen-bond donors (Lipinski definition) is 2. The van der Waals surface area contributed by atoms with Gasteiger partial charge >= 0.3 is 0 Å². The van der Waals surface area contributed by atoms with Crippen molar-refractivity contribution >= 4 is 27.3 Å². The van der Waals surface area contributed by atoms with Crippen molar-refractivity contribution in [2.24, 2.45) is 0 Å². The highest BCUT2D eigenvalue weighted by Crippen LogP contribution is 2.29. The molecule has 2 aromatic rings. The van der Waals surface area contributed by atoms with Gasteiger partial charge in [0.2, 0.25) is 5.91 Å². The maximum atomic E-state index is 12.7. The van der Waals surface area contributed by atoms with Crippen LogP contribution >= 0.6 is 0 Å². The number of benzene rings is 2. The van der Waals surface area contributed by atoms with Crippen LogP contribution in [0.4, 0.5) is 11.4 Å². The van der Waals surface area contributed by atoms with Gasteiger partial charge in [-0.2, -0.15) is 0 Å². The summed E-state index contributed by atoms with van der Waals surface area (Å²) in [4.78, 5) is 11.3. The fraction of sp³-hybridized carbons (Fsp3) is 0.188. The minimum Gasteiger partial charge on any atom is -0.495 e. The Labute approximate surface area is 135 Å². The Kier molecular flexibility index (Phi) is 4.90. The van der Waals surface area contributed by atoms with E-state index in [9.17, 15) is 13.2 Å². The van der Waals surface area contributed by atoms with Crippen molar-refractivity contribution in [1.82, 2.24) is 0 Å². The van der Waals surface area contributed by atoms with Crippen LogP contribution in [0, 0.1) is 6.92 Å². The first-order valence-corrected chi connectivity index (χ1v) is 8.36. The predicted octanol–water partition coefficient (Wildman–Crippen LogP) is 2.76. The van der Waals surface area contributed by atoms with Gasteiger partial charge in [0.1, 0.15) is 10.6 Å². The zero-order valence-electron chi connectivity index (χ0n) is 13.1. The van der Waals surface area contributed by atoms with E-state index in [1.165, 1.54) is 20.1 Å². The zero-order chi connectivity index (χ0) is 17.0. The molecule has 0 saturated heterocycles. The molecular weight excluding hydrogens is 316 g/mol. The molecule has 0 radical (unpaired) electrons. The van der Waals surface area contributed by atoms with Gasteiger partial charge in [-0.05, 0) is 36.8 Å². The number of hydrogen-bond acceptors (Lipinski definition) is 4. The van der Waals surface area contributed by atoms with Crippen LogP contribution in [-0.4, -0.2) is 21.4 Å². The highest BCUT2D eigenvalue weighted by molar-refractivity contribution is 7.92. The Morgan fingerprint density at radius 1 is 1.09 bits per heavy atom. The Hall–Kier alpha value is -2.54. The van der Waals surface area contributed by atoms with Crippen molar-refractivity contribution in [3.63, 3.8) is 0 Å². The molecule has 0 aromatic heterocycles. The van der Waals surface area contributed by atoms with Crippen LogP contribution in [0.3, 0.4) is 0 Å². The molecule has 0 atom stereocenters. The largest absolute Gasteiger partial charge is 0.495 e. The third kappa shape index (κ3) is 4.01. The first kappa shape index (κ1) is 16.8. The number of anilines is 2. The number of amides is 1. The third-order valence-electron chi connectivity index (χ3n) is 3.09. The van der Waals surface area contributed by atoms with Gasteiger partial charge in [-0.15, -0.1) is 0 Å². The topological polar surface area (TPSA) is 84.5 Å². The highest BCUT2D eigenvalue weighted by atomic mass is 32.2. The van der Waals surface area contributed by atoms with Crippen molar-refractivity contribution < 1.29 is 17.9 Å². The molecule has 23 heavy (non-hydrogen) atoms. The van der Waals surface area contributed by atoms with Crippen LogP contribution < -0.4 is 14.8 Å².